The zero-order valence-electron chi connectivity index (χ0n) is 15.2. The van der Waals surface area contributed by atoms with Crippen molar-refractivity contribution in [3.05, 3.63) is 72.0 Å². The van der Waals surface area contributed by atoms with Gasteiger partial charge in [0.1, 0.15) is 11.7 Å². The highest BCUT2D eigenvalue weighted by molar-refractivity contribution is 5.93. The van der Waals surface area contributed by atoms with Crippen molar-refractivity contribution < 1.29 is 13.9 Å². The number of morpholine rings is 1. The third-order valence-electron chi connectivity index (χ3n) is 5.21. The van der Waals surface area contributed by atoms with Crippen LogP contribution in [0.1, 0.15) is 33.4 Å². The van der Waals surface area contributed by atoms with Crippen molar-refractivity contribution in [2.45, 2.75) is 12.6 Å². The van der Waals surface area contributed by atoms with Gasteiger partial charge in [-0.25, -0.2) is 9.97 Å². The molecule has 5 rings (SSSR count). The molecule has 1 atom stereocenters. The lowest BCUT2D eigenvalue weighted by molar-refractivity contribution is 0.0697. The maximum Gasteiger partial charge on any atom is 0.275 e. The van der Waals surface area contributed by atoms with Crippen LogP contribution >= 0.6 is 0 Å². The van der Waals surface area contributed by atoms with Crippen LogP contribution in [0, 0.1) is 0 Å². The SMILES string of the molecule is O=C(c1cnccn1)N1Cc2cc(N3CCOCC3)ccc2[C@@H]1c1cnco1. The fraction of sp³-hybridized carbons (Fsp3) is 0.300. The van der Waals surface area contributed by atoms with Gasteiger partial charge in [-0.1, -0.05) is 6.07 Å². The number of ether oxygens (including phenoxy) is 1. The van der Waals surface area contributed by atoms with Gasteiger partial charge in [-0.15, -0.1) is 0 Å². The van der Waals surface area contributed by atoms with Crippen LogP contribution in [0.2, 0.25) is 0 Å². The van der Waals surface area contributed by atoms with Gasteiger partial charge >= 0.3 is 0 Å². The monoisotopic (exact) mass is 377 g/mol. The van der Waals surface area contributed by atoms with Crippen molar-refractivity contribution in [3.8, 4) is 0 Å². The molecule has 8 nitrogen and oxygen atoms in total. The predicted molar refractivity (Wildman–Crippen MR) is 99.7 cm³/mol. The van der Waals surface area contributed by atoms with Crippen LogP contribution in [0.3, 0.4) is 0 Å². The van der Waals surface area contributed by atoms with Crippen LogP contribution in [0.25, 0.3) is 0 Å². The number of anilines is 1. The van der Waals surface area contributed by atoms with Crippen molar-refractivity contribution in [2.75, 3.05) is 31.2 Å². The van der Waals surface area contributed by atoms with E-state index in [9.17, 15) is 4.79 Å². The van der Waals surface area contributed by atoms with Crippen LogP contribution in [-0.4, -0.2) is 52.1 Å². The van der Waals surface area contributed by atoms with E-state index in [1.165, 1.54) is 18.8 Å². The molecule has 28 heavy (non-hydrogen) atoms. The van der Waals surface area contributed by atoms with Crippen LogP contribution < -0.4 is 4.90 Å². The molecule has 0 N–H and O–H groups in total. The Morgan fingerprint density at radius 1 is 1.11 bits per heavy atom. The largest absolute Gasteiger partial charge is 0.446 e. The molecule has 0 aliphatic carbocycles. The maximum absolute atomic E-state index is 13.1. The van der Waals surface area contributed by atoms with E-state index >= 15 is 0 Å². The van der Waals surface area contributed by atoms with Crippen LogP contribution in [0.5, 0.6) is 0 Å². The second kappa shape index (κ2) is 7.05. The summed E-state index contributed by atoms with van der Waals surface area (Å²) in [6, 6.07) is 6.01. The summed E-state index contributed by atoms with van der Waals surface area (Å²) in [5, 5.41) is 0. The number of fused-ring (bicyclic) bond motifs is 1. The number of amides is 1. The molecule has 4 heterocycles. The molecule has 2 aliphatic rings. The average Bonchev–Trinajstić information content (AvgIpc) is 3.41. The van der Waals surface area contributed by atoms with E-state index in [0.717, 1.165) is 43.1 Å². The highest BCUT2D eigenvalue weighted by Crippen LogP contribution is 2.40. The van der Waals surface area contributed by atoms with Gasteiger partial charge in [0.15, 0.2) is 12.2 Å². The smallest absolute Gasteiger partial charge is 0.275 e. The molecular formula is C20H19N5O3. The van der Waals surface area contributed by atoms with Gasteiger partial charge < -0.3 is 19.0 Å². The van der Waals surface area contributed by atoms with Gasteiger partial charge in [0.05, 0.1) is 25.6 Å². The zero-order chi connectivity index (χ0) is 18.9. The molecule has 0 bridgehead atoms. The Morgan fingerprint density at radius 2 is 2.00 bits per heavy atom. The second-order valence-corrected chi connectivity index (χ2v) is 6.81. The lowest BCUT2D eigenvalue weighted by Crippen LogP contribution is -2.36. The van der Waals surface area contributed by atoms with Gasteiger partial charge in [0, 0.05) is 37.7 Å². The molecule has 1 amide bonds. The quantitative estimate of drug-likeness (QED) is 0.691. The van der Waals surface area contributed by atoms with E-state index < -0.39 is 0 Å². The summed E-state index contributed by atoms with van der Waals surface area (Å²) in [6.45, 7) is 3.68. The maximum atomic E-state index is 13.1. The predicted octanol–water partition coefficient (Wildman–Crippen LogP) is 2.05. The van der Waals surface area contributed by atoms with Gasteiger partial charge in [-0.05, 0) is 23.3 Å². The molecule has 0 radical (unpaired) electrons. The molecule has 1 fully saturated rings. The zero-order valence-corrected chi connectivity index (χ0v) is 15.2. The van der Waals surface area contributed by atoms with E-state index in [0.29, 0.717) is 18.0 Å². The number of oxazole rings is 1. The minimum absolute atomic E-state index is 0.182. The van der Waals surface area contributed by atoms with Crippen LogP contribution in [0.4, 0.5) is 5.69 Å². The van der Waals surface area contributed by atoms with Gasteiger partial charge in [-0.2, -0.15) is 0 Å². The third-order valence-corrected chi connectivity index (χ3v) is 5.21. The standard InChI is InChI=1S/C20H19N5O3/c26-20(17-10-21-3-4-23-17)25-12-14-9-15(24-5-7-27-8-6-24)1-2-16(14)19(25)18-11-22-13-28-18/h1-4,9-11,13,19H,5-8,12H2/t19-/m1/s1. The summed E-state index contributed by atoms with van der Waals surface area (Å²) >= 11 is 0. The number of hydrogen-bond acceptors (Lipinski definition) is 7. The molecule has 2 aliphatic heterocycles. The number of carbonyl (C=O) groups excluding carboxylic acids is 1. The molecule has 1 aromatic carbocycles. The number of benzene rings is 1. The van der Waals surface area contributed by atoms with E-state index in [-0.39, 0.29) is 11.9 Å². The minimum atomic E-state index is -0.328. The van der Waals surface area contributed by atoms with Crippen molar-refractivity contribution in [2.24, 2.45) is 0 Å². The van der Waals surface area contributed by atoms with Crippen molar-refractivity contribution in [1.29, 1.82) is 0 Å². The molecule has 0 unspecified atom stereocenters. The third kappa shape index (κ3) is 2.91. The van der Waals surface area contributed by atoms with Crippen LogP contribution in [0.15, 0.2) is 53.8 Å². The fourth-order valence-corrected chi connectivity index (χ4v) is 3.87. The summed E-state index contributed by atoms with van der Waals surface area (Å²) in [7, 11) is 0. The summed E-state index contributed by atoms with van der Waals surface area (Å²) < 4.78 is 11.0. The number of carbonyl (C=O) groups is 1. The molecule has 2 aromatic heterocycles. The van der Waals surface area contributed by atoms with E-state index in [1.54, 1.807) is 17.3 Å². The summed E-state index contributed by atoms with van der Waals surface area (Å²) in [5.74, 6) is 0.453. The van der Waals surface area contributed by atoms with Gasteiger partial charge in [0.25, 0.3) is 5.91 Å². The van der Waals surface area contributed by atoms with Crippen molar-refractivity contribution in [1.82, 2.24) is 19.9 Å². The summed E-state index contributed by atoms with van der Waals surface area (Å²) in [5.41, 5.74) is 3.61. The first kappa shape index (κ1) is 16.9. The Labute approximate surface area is 161 Å². The number of rotatable bonds is 3. The highest BCUT2D eigenvalue weighted by atomic mass is 16.5. The van der Waals surface area contributed by atoms with E-state index in [1.807, 2.05) is 0 Å². The Balaban J connectivity index is 1.52. The molecule has 1 saturated heterocycles. The second-order valence-electron chi connectivity index (χ2n) is 6.81. The topological polar surface area (TPSA) is 84.6 Å². The van der Waals surface area contributed by atoms with Crippen LogP contribution in [-0.2, 0) is 11.3 Å². The first-order chi connectivity index (χ1) is 13.8. The Morgan fingerprint density at radius 3 is 2.75 bits per heavy atom. The average molecular weight is 377 g/mol. The molecule has 0 saturated carbocycles. The number of aromatic nitrogens is 3. The molecule has 8 heteroatoms. The lowest BCUT2D eigenvalue weighted by Gasteiger charge is -2.29. The Kier molecular flexibility index (Phi) is 4.25. The van der Waals surface area contributed by atoms with E-state index in [2.05, 4.69) is 38.1 Å². The van der Waals surface area contributed by atoms with Gasteiger partial charge in [0.2, 0.25) is 0 Å². The normalized spacial score (nSPS) is 18.9. The number of hydrogen-bond donors (Lipinski definition) is 0. The Bertz CT molecular complexity index is 971. The lowest BCUT2D eigenvalue weighted by atomic mass is 10.0. The first-order valence-electron chi connectivity index (χ1n) is 9.22. The number of nitrogens with zero attached hydrogens (tertiary/aromatic N) is 5. The van der Waals surface area contributed by atoms with Gasteiger partial charge in [-0.3, -0.25) is 9.78 Å². The molecule has 0 spiro atoms. The summed E-state index contributed by atoms with van der Waals surface area (Å²) in [6.07, 6.45) is 7.61. The summed E-state index contributed by atoms with van der Waals surface area (Å²) in [4.78, 5) is 29.4. The minimum Gasteiger partial charge on any atom is -0.446 e. The van der Waals surface area contributed by atoms with Crippen molar-refractivity contribution >= 4 is 11.6 Å². The molecule has 142 valence electrons. The van der Waals surface area contributed by atoms with E-state index in [4.69, 9.17) is 9.15 Å². The molecular weight excluding hydrogens is 358 g/mol. The van der Waals surface area contributed by atoms with Crippen molar-refractivity contribution in [3.63, 3.8) is 0 Å². The fourth-order valence-electron chi connectivity index (χ4n) is 3.87. The highest BCUT2D eigenvalue weighted by Gasteiger charge is 2.38. The Hall–Kier alpha value is -3.26. The first-order valence-corrected chi connectivity index (χ1v) is 9.22. The molecule has 3 aromatic rings.